The number of hydrogen-bond acceptors (Lipinski definition) is 1. The molecular formula is C15H29N. The molecule has 0 aromatic heterocycles. The summed E-state index contributed by atoms with van der Waals surface area (Å²) in [5.41, 5.74) is 1.62. The van der Waals surface area contributed by atoms with Gasteiger partial charge in [0.2, 0.25) is 0 Å². The first-order chi connectivity index (χ1) is 7.81. The van der Waals surface area contributed by atoms with Crippen LogP contribution in [0.4, 0.5) is 0 Å². The molecule has 1 heteroatoms. The van der Waals surface area contributed by atoms with Crippen molar-refractivity contribution in [2.75, 3.05) is 13.1 Å². The van der Waals surface area contributed by atoms with Crippen molar-refractivity contribution in [2.24, 2.45) is 5.92 Å². The van der Waals surface area contributed by atoms with Crippen LogP contribution in [0.3, 0.4) is 0 Å². The van der Waals surface area contributed by atoms with Gasteiger partial charge in [-0.2, -0.15) is 0 Å². The van der Waals surface area contributed by atoms with Crippen LogP contribution in [0, 0.1) is 5.92 Å². The van der Waals surface area contributed by atoms with E-state index in [9.17, 15) is 0 Å². The Balaban J connectivity index is 2.43. The number of piperidine rings is 1. The third-order valence-corrected chi connectivity index (χ3v) is 3.82. The molecule has 0 amide bonds. The van der Waals surface area contributed by atoms with E-state index in [1.165, 1.54) is 58.0 Å². The van der Waals surface area contributed by atoms with Crippen LogP contribution in [0.1, 0.15) is 65.7 Å². The van der Waals surface area contributed by atoms with E-state index < -0.39 is 0 Å². The first kappa shape index (κ1) is 13.6. The molecule has 1 nitrogen and oxygen atoms in total. The van der Waals surface area contributed by atoms with Gasteiger partial charge in [0, 0.05) is 18.8 Å². The first-order valence-electron chi connectivity index (χ1n) is 7.25. The van der Waals surface area contributed by atoms with E-state index in [1.807, 2.05) is 0 Å². The summed E-state index contributed by atoms with van der Waals surface area (Å²) in [5.74, 6) is 0.991. The fraction of sp³-hybridized carbons (Fsp3) is 0.867. The summed E-state index contributed by atoms with van der Waals surface area (Å²) in [5, 5.41) is 0. The summed E-state index contributed by atoms with van der Waals surface area (Å²) < 4.78 is 0. The van der Waals surface area contributed by atoms with E-state index in [2.05, 4.69) is 31.7 Å². The van der Waals surface area contributed by atoms with Gasteiger partial charge in [-0.1, -0.05) is 39.7 Å². The summed E-state index contributed by atoms with van der Waals surface area (Å²) in [4.78, 5) is 2.64. The van der Waals surface area contributed by atoms with E-state index in [1.54, 1.807) is 5.70 Å². The predicted molar refractivity (Wildman–Crippen MR) is 72.5 cm³/mol. The van der Waals surface area contributed by atoms with Crippen molar-refractivity contribution in [3.8, 4) is 0 Å². The van der Waals surface area contributed by atoms with Crippen LogP contribution in [0.15, 0.2) is 11.8 Å². The summed E-state index contributed by atoms with van der Waals surface area (Å²) >= 11 is 0. The maximum absolute atomic E-state index is 2.64. The second kappa shape index (κ2) is 7.76. The molecule has 0 aromatic carbocycles. The van der Waals surface area contributed by atoms with E-state index in [0.29, 0.717) is 0 Å². The molecule has 0 bridgehead atoms. The molecule has 1 heterocycles. The van der Waals surface area contributed by atoms with Crippen LogP contribution in [0.25, 0.3) is 0 Å². The Morgan fingerprint density at radius 2 is 1.88 bits per heavy atom. The first-order valence-corrected chi connectivity index (χ1v) is 7.25. The van der Waals surface area contributed by atoms with Crippen molar-refractivity contribution in [2.45, 2.75) is 65.7 Å². The van der Waals surface area contributed by atoms with Crippen molar-refractivity contribution in [3.05, 3.63) is 11.8 Å². The molecule has 94 valence electrons. The normalized spacial score (nSPS) is 19.2. The van der Waals surface area contributed by atoms with E-state index in [4.69, 9.17) is 0 Å². The van der Waals surface area contributed by atoms with Crippen LogP contribution < -0.4 is 0 Å². The van der Waals surface area contributed by atoms with E-state index >= 15 is 0 Å². The van der Waals surface area contributed by atoms with Crippen molar-refractivity contribution < 1.29 is 0 Å². The lowest BCUT2D eigenvalue weighted by molar-refractivity contribution is 0.216. The number of rotatable bonds is 6. The Hall–Kier alpha value is -0.460. The van der Waals surface area contributed by atoms with Gasteiger partial charge in [-0.25, -0.2) is 0 Å². The van der Waals surface area contributed by atoms with Gasteiger partial charge in [0.1, 0.15) is 0 Å². The minimum Gasteiger partial charge on any atom is -0.375 e. The van der Waals surface area contributed by atoms with Gasteiger partial charge in [0.05, 0.1) is 0 Å². The Bertz CT molecular complexity index is 199. The van der Waals surface area contributed by atoms with Crippen LogP contribution in [-0.4, -0.2) is 18.0 Å². The second-order valence-electron chi connectivity index (χ2n) is 5.05. The molecule has 1 fully saturated rings. The molecule has 0 saturated carbocycles. The Morgan fingerprint density at radius 3 is 2.38 bits per heavy atom. The molecule has 0 radical (unpaired) electrons. The highest BCUT2D eigenvalue weighted by Gasteiger charge is 2.18. The summed E-state index contributed by atoms with van der Waals surface area (Å²) in [6, 6.07) is 0. The quantitative estimate of drug-likeness (QED) is 0.636. The standard InChI is InChI=1S/C15H29N/c1-4-7-9-15(8-5-2)16-12-10-14(6-3)11-13-16/h8,14H,4-7,9-13H2,1-3H3/b15-8-. The number of unbranched alkanes of at least 4 members (excludes halogenated alkanes) is 1. The predicted octanol–water partition coefficient (Wildman–Crippen LogP) is 4.59. The topological polar surface area (TPSA) is 3.24 Å². The molecular weight excluding hydrogens is 194 g/mol. The average molecular weight is 223 g/mol. The third-order valence-electron chi connectivity index (χ3n) is 3.82. The SMILES string of the molecule is CC/C=C(/CCCC)N1CCC(CC)CC1. The van der Waals surface area contributed by atoms with E-state index in [0.717, 1.165) is 5.92 Å². The number of allylic oxidation sites excluding steroid dienone is 2. The second-order valence-corrected chi connectivity index (χ2v) is 5.05. The fourth-order valence-electron chi connectivity index (χ4n) is 2.61. The van der Waals surface area contributed by atoms with E-state index in [-0.39, 0.29) is 0 Å². The Labute approximate surface area is 102 Å². The summed E-state index contributed by atoms with van der Waals surface area (Å²) in [6.45, 7) is 9.47. The molecule has 0 N–H and O–H groups in total. The molecule has 0 aromatic rings. The highest BCUT2D eigenvalue weighted by Crippen LogP contribution is 2.24. The maximum atomic E-state index is 2.64. The van der Waals surface area contributed by atoms with Gasteiger partial charge < -0.3 is 4.90 Å². The van der Waals surface area contributed by atoms with Gasteiger partial charge >= 0.3 is 0 Å². The Kier molecular flexibility index (Phi) is 6.59. The van der Waals surface area contributed by atoms with Gasteiger partial charge in [0.15, 0.2) is 0 Å². The largest absolute Gasteiger partial charge is 0.375 e. The van der Waals surface area contributed by atoms with Crippen molar-refractivity contribution >= 4 is 0 Å². The van der Waals surface area contributed by atoms with Gasteiger partial charge in [-0.15, -0.1) is 0 Å². The number of nitrogens with zero attached hydrogens (tertiary/aromatic N) is 1. The molecule has 1 saturated heterocycles. The minimum atomic E-state index is 0.991. The van der Waals surface area contributed by atoms with Crippen LogP contribution in [0.2, 0.25) is 0 Å². The highest BCUT2D eigenvalue weighted by molar-refractivity contribution is 5.02. The monoisotopic (exact) mass is 223 g/mol. The molecule has 16 heavy (non-hydrogen) atoms. The zero-order valence-electron chi connectivity index (χ0n) is 11.5. The zero-order chi connectivity index (χ0) is 11.8. The molecule has 0 unspecified atom stereocenters. The average Bonchev–Trinajstić information content (AvgIpc) is 2.35. The van der Waals surface area contributed by atoms with Gasteiger partial charge in [-0.3, -0.25) is 0 Å². The minimum absolute atomic E-state index is 0.991. The molecule has 0 atom stereocenters. The van der Waals surface area contributed by atoms with Crippen LogP contribution >= 0.6 is 0 Å². The van der Waals surface area contributed by atoms with Gasteiger partial charge in [-0.05, 0) is 38.0 Å². The lowest BCUT2D eigenvalue weighted by Gasteiger charge is -2.35. The molecule has 1 aliphatic rings. The molecule has 0 aliphatic carbocycles. The van der Waals surface area contributed by atoms with Crippen molar-refractivity contribution in [1.29, 1.82) is 0 Å². The van der Waals surface area contributed by atoms with Crippen LogP contribution in [0.5, 0.6) is 0 Å². The molecule has 1 rings (SSSR count). The zero-order valence-corrected chi connectivity index (χ0v) is 11.5. The lowest BCUT2D eigenvalue weighted by atomic mass is 9.93. The highest BCUT2D eigenvalue weighted by atomic mass is 15.1. The number of hydrogen-bond donors (Lipinski definition) is 0. The maximum Gasteiger partial charge on any atom is 0.0177 e. The third kappa shape index (κ3) is 4.19. The fourth-order valence-corrected chi connectivity index (χ4v) is 2.61. The lowest BCUT2D eigenvalue weighted by Crippen LogP contribution is -2.33. The smallest absolute Gasteiger partial charge is 0.0177 e. The summed E-state index contributed by atoms with van der Waals surface area (Å²) in [7, 11) is 0. The molecule has 0 spiro atoms. The summed E-state index contributed by atoms with van der Waals surface area (Å²) in [6.07, 6.45) is 11.8. The van der Waals surface area contributed by atoms with Crippen LogP contribution in [-0.2, 0) is 0 Å². The van der Waals surface area contributed by atoms with Crippen molar-refractivity contribution in [3.63, 3.8) is 0 Å². The number of likely N-dealkylation sites (tertiary alicyclic amines) is 1. The Morgan fingerprint density at radius 1 is 1.19 bits per heavy atom. The van der Waals surface area contributed by atoms with Crippen molar-refractivity contribution in [1.82, 2.24) is 4.90 Å². The van der Waals surface area contributed by atoms with Gasteiger partial charge in [0.25, 0.3) is 0 Å². The molecule has 1 aliphatic heterocycles.